The van der Waals surface area contributed by atoms with Crippen molar-refractivity contribution in [1.29, 1.82) is 0 Å². The van der Waals surface area contributed by atoms with Gasteiger partial charge in [-0.2, -0.15) is 0 Å². The summed E-state index contributed by atoms with van der Waals surface area (Å²) in [7, 11) is 0. The van der Waals surface area contributed by atoms with Crippen molar-refractivity contribution in [1.82, 2.24) is 15.2 Å². The molecular formula is C18H19N3O3S. The van der Waals surface area contributed by atoms with Gasteiger partial charge in [0.1, 0.15) is 6.61 Å². The number of pyridine rings is 1. The summed E-state index contributed by atoms with van der Waals surface area (Å²) in [6, 6.07) is 7.43. The van der Waals surface area contributed by atoms with E-state index in [0.717, 1.165) is 23.3 Å². The highest BCUT2D eigenvalue weighted by molar-refractivity contribution is 7.09. The first kappa shape index (κ1) is 16.2. The van der Waals surface area contributed by atoms with E-state index in [9.17, 15) is 9.59 Å². The SMILES string of the molecule is O=C(NCc1cccs1)[C@H]1OCC(=O)N(C2CC2)[C@@H]1c1cccnc1. The Kier molecular flexibility index (Phi) is 4.50. The van der Waals surface area contributed by atoms with Crippen molar-refractivity contribution >= 4 is 23.2 Å². The molecule has 0 bridgehead atoms. The van der Waals surface area contributed by atoms with E-state index >= 15 is 0 Å². The lowest BCUT2D eigenvalue weighted by molar-refractivity contribution is -0.165. The van der Waals surface area contributed by atoms with Crippen molar-refractivity contribution < 1.29 is 14.3 Å². The number of hydrogen-bond donors (Lipinski definition) is 1. The second-order valence-corrected chi connectivity index (χ2v) is 7.32. The summed E-state index contributed by atoms with van der Waals surface area (Å²) in [5.41, 5.74) is 0.832. The molecule has 130 valence electrons. The Bertz CT molecular complexity index is 746. The third kappa shape index (κ3) is 3.43. The number of nitrogens with one attached hydrogen (secondary N) is 1. The minimum atomic E-state index is -0.720. The summed E-state index contributed by atoms with van der Waals surface area (Å²) in [5.74, 6) is -0.251. The van der Waals surface area contributed by atoms with Gasteiger partial charge in [0.05, 0.1) is 12.6 Å². The zero-order chi connectivity index (χ0) is 17.2. The molecule has 0 radical (unpaired) electrons. The van der Waals surface area contributed by atoms with Crippen LogP contribution in [0.2, 0.25) is 0 Å². The Labute approximate surface area is 149 Å². The molecule has 7 heteroatoms. The molecule has 1 N–H and O–H groups in total. The van der Waals surface area contributed by atoms with E-state index in [-0.39, 0.29) is 24.5 Å². The van der Waals surface area contributed by atoms with Gasteiger partial charge in [-0.1, -0.05) is 12.1 Å². The smallest absolute Gasteiger partial charge is 0.251 e. The van der Waals surface area contributed by atoms with Crippen molar-refractivity contribution in [3.05, 3.63) is 52.5 Å². The van der Waals surface area contributed by atoms with E-state index in [0.29, 0.717) is 6.54 Å². The van der Waals surface area contributed by atoms with Gasteiger partial charge in [0.2, 0.25) is 5.91 Å². The van der Waals surface area contributed by atoms with Crippen LogP contribution in [0.3, 0.4) is 0 Å². The summed E-state index contributed by atoms with van der Waals surface area (Å²) in [6.07, 6.45) is 4.63. The summed E-state index contributed by atoms with van der Waals surface area (Å²) in [4.78, 5) is 32.3. The molecule has 2 fully saturated rings. The van der Waals surface area contributed by atoms with Crippen LogP contribution in [0.15, 0.2) is 42.0 Å². The van der Waals surface area contributed by atoms with E-state index < -0.39 is 12.1 Å². The number of aromatic nitrogens is 1. The Morgan fingerprint density at radius 3 is 2.92 bits per heavy atom. The Morgan fingerprint density at radius 1 is 1.36 bits per heavy atom. The highest BCUT2D eigenvalue weighted by Crippen LogP contribution is 2.39. The van der Waals surface area contributed by atoms with E-state index in [1.807, 2.05) is 34.5 Å². The number of nitrogens with zero attached hydrogens (tertiary/aromatic N) is 2. The highest BCUT2D eigenvalue weighted by atomic mass is 32.1. The van der Waals surface area contributed by atoms with Gasteiger partial charge in [-0.05, 0) is 35.9 Å². The fourth-order valence-electron chi connectivity index (χ4n) is 3.20. The molecule has 6 nitrogen and oxygen atoms in total. The molecule has 2 atom stereocenters. The second-order valence-electron chi connectivity index (χ2n) is 6.29. The molecule has 1 saturated carbocycles. The van der Waals surface area contributed by atoms with Crippen LogP contribution in [0.1, 0.15) is 29.3 Å². The summed E-state index contributed by atoms with van der Waals surface area (Å²) < 4.78 is 5.67. The number of carbonyl (C=O) groups excluding carboxylic acids is 2. The topological polar surface area (TPSA) is 71.5 Å². The minimum Gasteiger partial charge on any atom is -0.356 e. The Morgan fingerprint density at radius 2 is 2.24 bits per heavy atom. The summed E-state index contributed by atoms with van der Waals surface area (Å²) in [5, 5.41) is 4.91. The lowest BCUT2D eigenvalue weighted by atomic mass is 9.98. The van der Waals surface area contributed by atoms with Gasteiger partial charge in [0, 0.05) is 23.3 Å². The number of rotatable bonds is 5. The molecule has 3 heterocycles. The first-order chi connectivity index (χ1) is 12.2. The quantitative estimate of drug-likeness (QED) is 0.887. The molecule has 25 heavy (non-hydrogen) atoms. The molecule has 0 spiro atoms. The predicted octanol–water partition coefficient (Wildman–Crippen LogP) is 1.89. The summed E-state index contributed by atoms with van der Waals surface area (Å²) in [6.45, 7) is 0.415. The van der Waals surface area contributed by atoms with Crippen molar-refractivity contribution in [2.24, 2.45) is 0 Å². The molecule has 1 aliphatic heterocycles. The van der Waals surface area contributed by atoms with Gasteiger partial charge in [0.25, 0.3) is 5.91 Å². The van der Waals surface area contributed by atoms with Gasteiger partial charge in [-0.25, -0.2) is 0 Å². The molecule has 2 aromatic rings. The number of amides is 2. The average Bonchev–Trinajstić information content (AvgIpc) is 3.34. The van der Waals surface area contributed by atoms with Crippen LogP contribution in [0.5, 0.6) is 0 Å². The molecular weight excluding hydrogens is 338 g/mol. The number of morpholine rings is 1. The normalized spacial score (nSPS) is 23.5. The number of carbonyl (C=O) groups is 2. The molecule has 2 aliphatic rings. The fraction of sp³-hybridized carbons (Fsp3) is 0.389. The molecule has 4 rings (SSSR count). The first-order valence-corrected chi connectivity index (χ1v) is 9.25. The van der Waals surface area contributed by atoms with Crippen molar-refractivity contribution in [2.75, 3.05) is 6.61 Å². The highest BCUT2D eigenvalue weighted by Gasteiger charge is 2.47. The van der Waals surface area contributed by atoms with Crippen LogP contribution in [0.4, 0.5) is 0 Å². The van der Waals surface area contributed by atoms with Gasteiger partial charge >= 0.3 is 0 Å². The van der Waals surface area contributed by atoms with Crippen molar-refractivity contribution in [3.8, 4) is 0 Å². The Balaban J connectivity index is 1.57. The first-order valence-electron chi connectivity index (χ1n) is 8.37. The lowest BCUT2D eigenvalue weighted by Crippen LogP contribution is -2.55. The maximum absolute atomic E-state index is 12.8. The zero-order valence-corrected chi connectivity index (χ0v) is 14.4. The zero-order valence-electron chi connectivity index (χ0n) is 13.6. The van der Waals surface area contributed by atoms with E-state index in [4.69, 9.17) is 4.74 Å². The number of thiophene rings is 1. The van der Waals surface area contributed by atoms with E-state index in [1.165, 1.54) is 0 Å². The molecule has 2 amide bonds. The van der Waals surface area contributed by atoms with E-state index in [1.54, 1.807) is 23.7 Å². The fourth-order valence-corrected chi connectivity index (χ4v) is 3.85. The van der Waals surface area contributed by atoms with Gasteiger partial charge in [-0.3, -0.25) is 14.6 Å². The third-order valence-electron chi connectivity index (χ3n) is 4.50. The standard InChI is InChI=1S/C18H19N3O3S/c22-15-11-24-17(18(23)20-10-14-4-2-8-25-14)16(21(15)13-5-6-13)12-3-1-7-19-9-12/h1-4,7-9,13,16-17H,5-6,10-11H2,(H,20,23)/t16-,17+/m1/s1. The van der Waals surface area contributed by atoms with Crippen LogP contribution in [-0.2, 0) is 20.9 Å². The predicted molar refractivity (Wildman–Crippen MR) is 92.8 cm³/mol. The minimum absolute atomic E-state index is 0.0512. The van der Waals surface area contributed by atoms with Crippen molar-refractivity contribution in [3.63, 3.8) is 0 Å². The maximum atomic E-state index is 12.8. The van der Waals surface area contributed by atoms with Crippen LogP contribution in [-0.4, -0.2) is 40.5 Å². The van der Waals surface area contributed by atoms with Crippen LogP contribution < -0.4 is 5.32 Å². The molecule has 1 aliphatic carbocycles. The maximum Gasteiger partial charge on any atom is 0.251 e. The molecule has 0 unspecified atom stereocenters. The monoisotopic (exact) mass is 357 g/mol. The van der Waals surface area contributed by atoms with Crippen molar-refractivity contribution in [2.45, 2.75) is 37.6 Å². The Hall–Kier alpha value is -2.25. The van der Waals surface area contributed by atoms with E-state index in [2.05, 4.69) is 10.3 Å². The lowest BCUT2D eigenvalue weighted by Gasteiger charge is -2.40. The third-order valence-corrected chi connectivity index (χ3v) is 5.38. The van der Waals surface area contributed by atoms with Crippen LogP contribution >= 0.6 is 11.3 Å². The second kappa shape index (κ2) is 6.93. The molecule has 1 saturated heterocycles. The average molecular weight is 357 g/mol. The summed E-state index contributed by atoms with van der Waals surface area (Å²) >= 11 is 1.59. The van der Waals surface area contributed by atoms with Crippen LogP contribution in [0.25, 0.3) is 0 Å². The van der Waals surface area contributed by atoms with Gasteiger partial charge in [0.15, 0.2) is 6.10 Å². The van der Waals surface area contributed by atoms with Gasteiger partial charge < -0.3 is 15.0 Å². The molecule has 2 aromatic heterocycles. The molecule has 0 aromatic carbocycles. The number of hydrogen-bond acceptors (Lipinski definition) is 5. The number of ether oxygens (including phenoxy) is 1. The van der Waals surface area contributed by atoms with Crippen LogP contribution in [0, 0.1) is 0 Å². The largest absolute Gasteiger partial charge is 0.356 e. The van der Waals surface area contributed by atoms with Gasteiger partial charge in [-0.15, -0.1) is 11.3 Å².